The molecule has 9 heteroatoms. The Hall–Kier alpha value is -2.16. The Bertz CT molecular complexity index is 1160. The molecule has 2 amide bonds. The highest BCUT2D eigenvalue weighted by Gasteiger charge is 2.43. The molecular formula is C24H30ClN3O4S. The monoisotopic (exact) mass is 491 g/mol. The summed E-state index contributed by atoms with van der Waals surface area (Å²) in [5.74, 6) is -0.367. The van der Waals surface area contributed by atoms with E-state index in [9.17, 15) is 18.0 Å². The Balaban J connectivity index is 1.50. The molecule has 2 aromatic carbocycles. The quantitative estimate of drug-likeness (QED) is 0.641. The number of likely N-dealkylation sites (N-methyl/N-ethyl adjacent to an activating group) is 1. The maximum atomic E-state index is 13.3. The van der Waals surface area contributed by atoms with Gasteiger partial charge in [0, 0.05) is 31.7 Å². The van der Waals surface area contributed by atoms with Crippen LogP contribution in [0, 0.1) is 0 Å². The van der Waals surface area contributed by atoms with E-state index in [1.54, 1.807) is 37.3 Å². The van der Waals surface area contributed by atoms with Gasteiger partial charge in [0.1, 0.15) is 12.1 Å². The summed E-state index contributed by atoms with van der Waals surface area (Å²) in [5.41, 5.74) is 0. The van der Waals surface area contributed by atoms with Crippen molar-refractivity contribution in [3.63, 3.8) is 0 Å². The van der Waals surface area contributed by atoms with Crippen molar-refractivity contribution in [2.24, 2.45) is 0 Å². The molecule has 0 spiro atoms. The van der Waals surface area contributed by atoms with Crippen LogP contribution >= 0.6 is 11.6 Å². The fourth-order valence-corrected chi connectivity index (χ4v) is 6.35. The van der Waals surface area contributed by atoms with E-state index in [2.05, 4.69) is 0 Å². The summed E-state index contributed by atoms with van der Waals surface area (Å²) in [6, 6.07) is 8.69. The van der Waals surface area contributed by atoms with Crippen LogP contribution in [0.2, 0.25) is 5.02 Å². The summed E-state index contributed by atoms with van der Waals surface area (Å²) >= 11 is 6.02. The number of carbonyl (C=O) groups excluding carboxylic acids is 2. The van der Waals surface area contributed by atoms with Crippen molar-refractivity contribution >= 4 is 44.2 Å². The number of carbonyl (C=O) groups is 2. The van der Waals surface area contributed by atoms with E-state index in [-0.39, 0.29) is 16.7 Å². The third kappa shape index (κ3) is 4.74. The summed E-state index contributed by atoms with van der Waals surface area (Å²) in [5, 5.41) is 2.17. The van der Waals surface area contributed by atoms with Gasteiger partial charge in [0.05, 0.1) is 4.90 Å². The molecule has 2 saturated heterocycles. The zero-order valence-electron chi connectivity index (χ0n) is 19.0. The maximum absolute atomic E-state index is 13.3. The second-order valence-corrected chi connectivity index (χ2v) is 11.4. The normalized spacial score (nSPS) is 21.0. The highest BCUT2D eigenvalue weighted by molar-refractivity contribution is 7.89. The van der Waals surface area contributed by atoms with Crippen molar-refractivity contribution < 1.29 is 18.0 Å². The van der Waals surface area contributed by atoms with Crippen molar-refractivity contribution in [3.8, 4) is 0 Å². The van der Waals surface area contributed by atoms with E-state index < -0.39 is 22.1 Å². The second-order valence-electron chi connectivity index (χ2n) is 8.93. The molecule has 2 heterocycles. The van der Waals surface area contributed by atoms with Gasteiger partial charge >= 0.3 is 0 Å². The molecule has 0 unspecified atom stereocenters. The van der Waals surface area contributed by atoms with Crippen molar-refractivity contribution in [3.05, 3.63) is 41.4 Å². The first-order valence-corrected chi connectivity index (χ1v) is 13.3. The predicted octanol–water partition coefficient (Wildman–Crippen LogP) is 3.51. The largest absolute Gasteiger partial charge is 0.341 e. The molecule has 0 N–H and O–H groups in total. The highest BCUT2D eigenvalue weighted by Crippen LogP contribution is 2.28. The van der Waals surface area contributed by atoms with Gasteiger partial charge in [-0.1, -0.05) is 36.6 Å². The molecule has 0 aromatic heterocycles. The second kappa shape index (κ2) is 9.60. The predicted molar refractivity (Wildman–Crippen MR) is 129 cm³/mol. The van der Waals surface area contributed by atoms with Gasteiger partial charge in [-0.2, -0.15) is 4.31 Å². The first kappa shape index (κ1) is 24.0. The van der Waals surface area contributed by atoms with Crippen LogP contribution in [0.4, 0.5) is 0 Å². The van der Waals surface area contributed by atoms with Gasteiger partial charge in [-0.05, 0) is 61.2 Å². The number of fused-ring (bicyclic) bond motifs is 1. The molecule has 7 nitrogen and oxygen atoms in total. The number of nitrogens with zero attached hydrogens (tertiary/aromatic N) is 3. The molecule has 0 aliphatic carbocycles. The van der Waals surface area contributed by atoms with Crippen molar-refractivity contribution in [1.29, 1.82) is 0 Å². The Kier molecular flexibility index (Phi) is 6.98. The van der Waals surface area contributed by atoms with Crippen molar-refractivity contribution in [2.75, 3.05) is 26.7 Å². The number of hydrogen-bond acceptors (Lipinski definition) is 4. The van der Waals surface area contributed by atoms with Gasteiger partial charge < -0.3 is 9.80 Å². The zero-order valence-corrected chi connectivity index (χ0v) is 20.6. The van der Waals surface area contributed by atoms with Crippen molar-refractivity contribution in [2.45, 2.75) is 56.0 Å². The third-order valence-electron chi connectivity index (χ3n) is 6.84. The summed E-state index contributed by atoms with van der Waals surface area (Å²) in [6.07, 6.45) is 4.55. The van der Waals surface area contributed by atoms with Gasteiger partial charge in [-0.3, -0.25) is 9.59 Å². The molecule has 2 aliphatic rings. The fourth-order valence-electron chi connectivity index (χ4n) is 4.79. The summed E-state index contributed by atoms with van der Waals surface area (Å²) in [7, 11) is -2.45. The molecule has 0 radical (unpaired) electrons. The standard InChI is InChI=1S/C24H30ClN3O4S/c1-17(23(29)27-12-5-3-4-6-13-27)28-14-11-22(24(28)30)26(2)33(31,32)21-10-8-18-15-20(25)9-7-19(18)16-21/h7-10,15-17,22H,3-6,11-14H2,1-2H3/t17-,22-/m1/s1. The van der Waals surface area contributed by atoms with E-state index in [0.717, 1.165) is 53.9 Å². The molecule has 0 bridgehead atoms. The first-order valence-electron chi connectivity index (χ1n) is 11.5. The molecule has 2 aliphatic heterocycles. The fraction of sp³-hybridized carbons (Fsp3) is 0.500. The van der Waals surface area contributed by atoms with E-state index >= 15 is 0 Å². The average Bonchev–Trinajstić information content (AvgIpc) is 2.99. The minimum Gasteiger partial charge on any atom is -0.341 e. The van der Waals surface area contributed by atoms with Crippen LogP contribution in [0.15, 0.2) is 41.3 Å². The number of sulfonamides is 1. The number of benzene rings is 2. The van der Waals surface area contributed by atoms with Gasteiger partial charge in [-0.15, -0.1) is 0 Å². The summed E-state index contributed by atoms with van der Waals surface area (Å²) in [4.78, 5) is 29.7. The Morgan fingerprint density at radius 1 is 1.03 bits per heavy atom. The lowest BCUT2D eigenvalue weighted by Gasteiger charge is -2.30. The summed E-state index contributed by atoms with van der Waals surface area (Å²) < 4.78 is 27.8. The number of rotatable bonds is 5. The Morgan fingerprint density at radius 2 is 1.67 bits per heavy atom. The smallest absolute Gasteiger partial charge is 0.245 e. The SMILES string of the molecule is C[C@H](C(=O)N1CCCCCC1)N1CC[C@@H](N(C)S(=O)(=O)c2ccc3cc(Cl)ccc3c2)C1=O. The lowest BCUT2D eigenvalue weighted by molar-refractivity contribution is -0.143. The maximum Gasteiger partial charge on any atom is 0.245 e. The minimum atomic E-state index is -3.89. The van der Waals surface area contributed by atoms with Crippen LogP contribution < -0.4 is 0 Å². The molecule has 2 atom stereocenters. The van der Waals surface area contributed by atoms with Gasteiger partial charge in [0.25, 0.3) is 0 Å². The average molecular weight is 492 g/mol. The topological polar surface area (TPSA) is 78.0 Å². The van der Waals surface area contributed by atoms with Crippen molar-refractivity contribution in [1.82, 2.24) is 14.1 Å². The van der Waals surface area contributed by atoms with Crippen LogP contribution in [0.3, 0.4) is 0 Å². The van der Waals surface area contributed by atoms with Gasteiger partial charge in [-0.25, -0.2) is 8.42 Å². The van der Waals surface area contributed by atoms with Gasteiger partial charge in [0.2, 0.25) is 21.8 Å². The summed E-state index contributed by atoms with van der Waals surface area (Å²) in [6.45, 7) is 3.54. The first-order chi connectivity index (χ1) is 15.7. The van der Waals surface area contributed by atoms with Crippen LogP contribution in [-0.4, -0.2) is 73.1 Å². The van der Waals surface area contributed by atoms with Gasteiger partial charge in [0.15, 0.2) is 0 Å². The highest BCUT2D eigenvalue weighted by atomic mass is 35.5. The Morgan fingerprint density at radius 3 is 2.36 bits per heavy atom. The molecule has 2 fully saturated rings. The van der Waals surface area contributed by atoms with Crippen LogP contribution in [0.5, 0.6) is 0 Å². The van der Waals surface area contributed by atoms with Crippen LogP contribution in [0.25, 0.3) is 10.8 Å². The molecule has 4 rings (SSSR count). The molecular weight excluding hydrogens is 462 g/mol. The molecule has 2 aromatic rings. The molecule has 0 saturated carbocycles. The van der Waals surface area contributed by atoms with E-state index in [1.165, 1.54) is 18.0 Å². The number of hydrogen-bond donors (Lipinski definition) is 0. The van der Waals surface area contributed by atoms with Crippen LogP contribution in [0.1, 0.15) is 39.0 Å². The number of likely N-dealkylation sites (tertiary alicyclic amines) is 2. The lowest BCUT2D eigenvalue weighted by Crippen LogP contribution is -2.50. The van der Waals surface area contributed by atoms with E-state index in [4.69, 9.17) is 11.6 Å². The third-order valence-corrected chi connectivity index (χ3v) is 8.94. The number of halogens is 1. The zero-order chi connectivity index (χ0) is 23.8. The number of amides is 2. The van der Waals surface area contributed by atoms with E-state index in [0.29, 0.717) is 18.0 Å². The van der Waals surface area contributed by atoms with Crippen LogP contribution in [-0.2, 0) is 19.6 Å². The minimum absolute atomic E-state index is 0.0513. The Labute approximate surface area is 200 Å². The molecule has 178 valence electrons. The lowest BCUT2D eigenvalue weighted by atomic mass is 10.1. The van der Waals surface area contributed by atoms with E-state index in [1.807, 2.05) is 4.90 Å². The molecule has 33 heavy (non-hydrogen) atoms.